The summed E-state index contributed by atoms with van der Waals surface area (Å²) in [5, 5.41) is 16.4. The predicted octanol–water partition coefficient (Wildman–Crippen LogP) is 1.93. The number of methoxy groups -OCH3 is 1. The number of nitrogens with one attached hydrogen (secondary N) is 1. The smallest absolute Gasteiger partial charge is 0.118 e. The van der Waals surface area contributed by atoms with E-state index in [2.05, 4.69) is 29.5 Å². The molecule has 1 aromatic carbocycles. The standard InChI is InChI=1S/C15H21N3O2/c1-12(9-13-3-5-15(20-2)6-4-13)17-14-10-16-18(11-14)7-8-19/h3-6,10-12,17,19H,7-9H2,1-2H3. The molecule has 0 fully saturated rings. The zero-order chi connectivity index (χ0) is 14.4. The summed E-state index contributed by atoms with van der Waals surface area (Å²) in [6, 6.07) is 8.40. The number of hydrogen-bond donors (Lipinski definition) is 2. The summed E-state index contributed by atoms with van der Waals surface area (Å²) in [7, 11) is 1.67. The largest absolute Gasteiger partial charge is 0.497 e. The van der Waals surface area contributed by atoms with E-state index < -0.39 is 0 Å². The van der Waals surface area contributed by atoms with Gasteiger partial charge in [-0.15, -0.1) is 0 Å². The minimum atomic E-state index is 0.0997. The lowest BCUT2D eigenvalue weighted by atomic mass is 10.1. The van der Waals surface area contributed by atoms with E-state index in [0.717, 1.165) is 17.9 Å². The summed E-state index contributed by atoms with van der Waals surface area (Å²) in [6.45, 7) is 2.75. The SMILES string of the molecule is COc1ccc(CC(C)Nc2cnn(CCO)c2)cc1. The molecule has 0 radical (unpaired) electrons. The number of anilines is 1. The minimum Gasteiger partial charge on any atom is -0.497 e. The van der Waals surface area contributed by atoms with Crippen LogP contribution in [0.15, 0.2) is 36.7 Å². The Balaban J connectivity index is 1.88. The molecule has 0 aliphatic heterocycles. The quantitative estimate of drug-likeness (QED) is 0.810. The maximum Gasteiger partial charge on any atom is 0.118 e. The first-order valence-electron chi connectivity index (χ1n) is 6.74. The maximum absolute atomic E-state index is 8.86. The zero-order valence-corrected chi connectivity index (χ0v) is 11.9. The fourth-order valence-electron chi connectivity index (χ4n) is 2.11. The predicted molar refractivity (Wildman–Crippen MR) is 79.1 cm³/mol. The molecule has 0 saturated heterocycles. The Morgan fingerprint density at radius 3 is 2.75 bits per heavy atom. The number of aliphatic hydroxyl groups excluding tert-OH is 1. The number of ether oxygens (including phenoxy) is 1. The van der Waals surface area contributed by atoms with E-state index in [-0.39, 0.29) is 6.61 Å². The number of benzene rings is 1. The van der Waals surface area contributed by atoms with Crippen LogP contribution < -0.4 is 10.1 Å². The highest BCUT2D eigenvalue weighted by atomic mass is 16.5. The van der Waals surface area contributed by atoms with Crippen molar-refractivity contribution in [3.05, 3.63) is 42.2 Å². The van der Waals surface area contributed by atoms with E-state index >= 15 is 0 Å². The Kier molecular flexibility index (Phi) is 5.01. The lowest BCUT2D eigenvalue weighted by molar-refractivity contribution is 0.269. The summed E-state index contributed by atoms with van der Waals surface area (Å²) >= 11 is 0. The third kappa shape index (κ3) is 3.99. The second-order valence-electron chi connectivity index (χ2n) is 4.81. The highest BCUT2D eigenvalue weighted by Crippen LogP contribution is 2.14. The van der Waals surface area contributed by atoms with Crippen molar-refractivity contribution in [3.63, 3.8) is 0 Å². The van der Waals surface area contributed by atoms with Crippen molar-refractivity contribution < 1.29 is 9.84 Å². The topological polar surface area (TPSA) is 59.3 Å². The number of hydrogen-bond acceptors (Lipinski definition) is 4. The van der Waals surface area contributed by atoms with Crippen LogP contribution in [0.5, 0.6) is 5.75 Å². The van der Waals surface area contributed by atoms with Crippen molar-refractivity contribution in [2.75, 3.05) is 19.0 Å². The molecule has 1 heterocycles. The first-order chi connectivity index (χ1) is 9.71. The van der Waals surface area contributed by atoms with Gasteiger partial charge >= 0.3 is 0 Å². The van der Waals surface area contributed by atoms with Gasteiger partial charge in [0.25, 0.3) is 0 Å². The second kappa shape index (κ2) is 6.96. The molecule has 5 heteroatoms. The zero-order valence-electron chi connectivity index (χ0n) is 11.9. The highest BCUT2D eigenvalue weighted by Gasteiger charge is 2.05. The average molecular weight is 275 g/mol. The first-order valence-corrected chi connectivity index (χ1v) is 6.74. The summed E-state index contributed by atoms with van der Waals surface area (Å²) in [5.41, 5.74) is 2.23. The van der Waals surface area contributed by atoms with Gasteiger partial charge < -0.3 is 15.2 Å². The van der Waals surface area contributed by atoms with Crippen molar-refractivity contribution in [3.8, 4) is 5.75 Å². The monoisotopic (exact) mass is 275 g/mol. The van der Waals surface area contributed by atoms with Gasteiger partial charge in [-0.1, -0.05) is 12.1 Å². The van der Waals surface area contributed by atoms with Crippen LogP contribution in [0.2, 0.25) is 0 Å². The average Bonchev–Trinajstić information content (AvgIpc) is 2.87. The van der Waals surface area contributed by atoms with Crippen LogP contribution in [-0.4, -0.2) is 34.6 Å². The van der Waals surface area contributed by atoms with Crippen LogP contribution >= 0.6 is 0 Å². The number of rotatable bonds is 7. The van der Waals surface area contributed by atoms with Crippen LogP contribution in [-0.2, 0) is 13.0 Å². The van der Waals surface area contributed by atoms with Gasteiger partial charge in [0.1, 0.15) is 5.75 Å². The van der Waals surface area contributed by atoms with Crippen LogP contribution in [0.25, 0.3) is 0 Å². The van der Waals surface area contributed by atoms with E-state index in [9.17, 15) is 0 Å². The van der Waals surface area contributed by atoms with Gasteiger partial charge in [0.2, 0.25) is 0 Å². The summed E-state index contributed by atoms with van der Waals surface area (Å²) in [5.74, 6) is 0.875. The van der Waals surface area contributed by atoms with E-state index in [4.69, 9.17) is 9.84 Å². The summed E-state index contributed by atoms with van der Waals surface area (Å²) in [4.78, 5) is 0. The molecule has 5 nitrogen and oxygen atoms in total. The van der Waals surface area contributed by atoms with Gasteiger partial charge in [0, 0.05) is 12.2 Å². The Labute approximate surface area is 119 Å². The molecular formula is C15H21N3O2. The molecule has 2 aromatic rings. The molecule has 0 spiro atoms. The maximum atomic E-state index is 8.86. The van der Waals surface area contributed by atoms with Gasteiger partial charge in [0.15, 0.2) is 0 Å². The Morgan fingerprint density at radius 1 is 1.35 bits per heavy atom. The molecule has 0 saturated carbocycles. The molecular weight excluding hydrogens is 254 g/mol. The highest BCUT2D eigenvalue weighted by molar-refractivity contribution is 5.39. The lowest BCUT2D eigenvalue weighted by Crippen LogP contribution is -2.17. The number of aliphatic hydroxyl groups is 1. The fourth-order valence-corrected chi connectivity index (χ4v) is 2.11. The third-order valence-corrected chi connectivity index (χ3v) is 3.08. The van der Waals surface area contributed by atoms with Crippen LogP contribution in [0.3, 0.4) is 0 Å². The second-order valence-corrected chi connectivity index (χ2v) is 4.81. The Hall–Kier alpha value is -2.01. The molecule has 0 aliphatic rings. The van der Waals surface area contributed by atoms with Gasteiger partial charge in [-0.05, 0) is 31.0 Å². The van der Waals surface area contributed by atoms with Gasteiger partial charge in [-0.3, -0.25) is 4.68 Å². The van der Waals surface area contributed by atoms with Crippen molar-refractivity contribution in [1.29, 1.82) is 0 Å². The Bertz CT molecular complexity index is 522. The van der Waals surface area contributed by atoms with Gasteiger partial charge in [-0.2, -0.15) is 5.10 Å². The van der Waals surface area contributed by atoms with Gasteiger partial charge in [0.05, 0.1) is 32.1 Å². The lowest BCUT2D eigenvalue weighted by Gasteiger charge is -2.14. The number of nitrogens with zero attached hydrogens (tertiary/aromatic N) is 2. The molecule has 1 aromatic heterocycles. The Morgan fingerprint density at radius 2 is 2.10 bits per heavy atom. The van der Waals surface area contributed by atoms with Crippen molar-refractivity contribution in [1.82, 2.24) is 9.78 Å². The summed E-state index contributed by atoms with van der Waals surface area (Å²) < 4.78 is 6.87. The first kappa shape index (κ1) is 14.4. The molecule has 20 heavy (non-hydrogen) atoms. The molecule has 2 N–H and O–H groups in total. The summed E-state index contributed by atoms with van der Waals surface area (Å²) in [6.07, 6.45) is 4.61. The normalized spacial score (nSPS) is 12.2. The molecule has 2 rings (SSSR count). The minimum absolute atomic E-state index is 0.0997. The van der Waals surface area contributed by atoms with E-state index in [1.54, 1.807) is 18.0 Å². The molecule has 0 bridgehead atoms. The van der Waals surface area contributed by atoms with Crippen LogP contribution in [0.4, 0.5) is 5.69 Å². The number of aromatic nitrogens is 2. The third-order valence-electron chi connectivity index (χ3n) is 3.08. The van der Waals surface area contributed by atoms with E-state index in [1.165, 1.54) is 5.56 Å². The molecule has 1 atom stereocenters. The molecule has 1 unspecified atom stereocenters. The van der Waals surface area contributed by atoms with Crippen LogP contribution in [0, 0.1) is 0 Å². The van der Waals surface area contributed by atoms with Crippen LogP contribution in [0.1, 0.15) is 12.5 Å². The molecule has 0 aliphatic carbocycles. The van der Waals surface area contributed by atoms with Gasteiger partial charge in [-0.25, -0.2) is 0 Å². The van der Waals surface area contributed by atoms with E-state index in [1.807, 2.05) is 18.3 Å². The van der Waals surface area contributed by atoms with Crippen molar-refractivity contribution >= 4 is 5.69 Å². The fraction of sp³-hybridized carbons (Fsp3) is 0.400. The molecule has 108 valence electrons. The van der Waals surface area contributed by atoms with Crippen molar-refractivity contribution in [2.24, 2.45) is 0 Å². The van der Waals surface area contributed by atoms with E-state index in [0.29, 0.717) is 12.6 Å². The van der Waals surface area contributed by atoms with Crippen molar-refractivity contribution in [2.45, 2.75) is 25.9 Å². The molecule has 0 amide bonds.